The summed E-state index contributed by atoms with van der Waals surface area (Å²) in [4.78, 5) is 2.59. The fourth-order valence-corrected chi connectivity index (χ4v) is 4.75. The van der Waals surface area contributed by atoms with Gasteiger partial charge in [0, 0.05) is 25.7 Å². The Bertz CT molecular complexity index is 500. The number of likely N-dealkylation sites (tertiary alicyclic amines) is 1. The number of nitrogens with one attached hydrogen (secondary N) is 1. The summed E-state index contributed by atoms with van der Waals surface area (Å²) in [6.07, 6.45) is 10.6. The molecule has 0 radical (unpaired) electrons. The van der Waals surface area contributed by atoms with Crippen molar-refractivity contribution in [2.24, 2.45) is 5.92 Å². The fourth-order valence-electron chi connectivity index (χ4n) is 4.75. The molecule has 0 spiro atoms. The Morgan fingerprint density at radius 1 is 0.958 bits per heavy atom. The number of rotatable bonds is 6. The molecule has 0 unspecified atom stereocenters. The van der Waals surface area contributed by atoms with Gasteiger partial charge in [0.15, 0.2) is 0 Å². The average Bonchev–Trinajstić information content (AvgIpc) is 2.62. The Balaban J connectivity index is 1.16. The van der Waals surface area contributed by atoms with Gasteiger partial charge in [-0.05, 0) is 43.7 Å². The number of nitrogens with zero attached hydrogens (tertiary/aromatic N) is 1. The zero-order valence-corrected chi connectivity index (χ0v) is 14.8. The molecule has 24 heavy (non-hydrogen) atoms. The van der Waals surface area contributed by atoms with Crippen molar-refractivity contribution < 1.29 is 4.74 Å². The lowest BCUT2D eigenvalue weighted by atomic mass is 9.88. The number of fused-ring (bicyclic) bond motifs is 1. The van der Waals surface area contributed by atoms with Crippen molar-refractivity contribution in [3.8, 4) is 0 Å². The second kappa shape index (κ2) is 7.99. The first kappa shape index (κ1) is 16.6. The van der Waals surface area contributed by atoms with E-state index in [9.17, 15) is 0 Å². The topological polar surface area (TPSA) is 24.5 Å². The second-order valence-corrected chi connectivity index (χ2v) is 8.02. The zero-order valence-electron chi connectivity index (χ0n) is 14.8. The van der Waals surface area contributed by atoms with Crippen LogP contribution in [-0.4, -0.2) is 42.8 Å². The molecule has 2 saturated heterocycles. The molecule has 1 aromatic rings. The highest BCUT2D eigenvalue weighted by molar-refractivity contribution is 5.15. The molecular weight excluding hydrogens is 296 g/mol. The van der Waals surface area contributed by atoms with Crippen LogP contribution >= 0.6 is 0 Å². The van der Waals surface area contributed by atoms with Crippen LogP contribution in [0.3, 0.4) is 0 Å². The van der Waals surface area contributed by atoms with Crippen molar-refractivity contribution in [3.05, 3.63) is 35.9 Å². The highest BCUT2D eigenvalue weighted by Crippen LogP contribution is 2.33. The quantitative estimate of drug-likeness (QED) is 0.864. The predicted octanol–water partition coefficient (Wildman–Crippen LogP) is 3.59. The molecule has 3 fully saturated rings. The molecule has 2 aliphatic heterocycles. The standard InChI is InChI=1S/C21H32N2O/c1-3-7-17(8-4-1)13-22-14-19-11-12-20-21(24-19)16-23(20)15-18-9-5-2-6-10-18/h2,5-6,9-10,17,19-22H,1,3-4,7-8,11-16H2/t19-,20+,21+/m0/s1. The van der Waals surface area contributed by atoms with Gasteiger partial charge in [0.2, 0.25) is 0 Å². The van der Waals surface area contributed by atoms with Crippen LogP contribution in [0.1, 0.15) is 50.5 Å². The summed E-state index contributed by atoms with van der Waals surface area (Å²) in [6.45, 7) is 4.45. The lowest BCUT2D eigenvalue weighted by molar-refractivity contribution is -0.168. The summed E-state index contributed by atoms with van der Waals surface area (Å²) in [7, 11) is 0. The molecule has 3 heteroatoms. The maximum Gasteiger partial charge on any atom is 0.0861 e. The number of ether oxygens (including phenoxy) is 1. The van der Waals surface area contributed by atoms with E-state index in [1.54, 1.807) is 0 Å². The molecule has 1 aromatic carbocycles. The van der Waals surface area contributed by atoms with E-state index in [0.717, 1.165) is 25.6 Å². The van der Waals surface area contributed by atoms with Crippen LogP contribution in [0.5, 0.6) is 0 Å². The molecule has 1 aliphatic carbocycles. The highest BCUT2D eigenvalue weighted by atomic mass is 16.5. The normalized spacial score (nSPS) is 31.4. The molecule has 4 rings (SSSR count). The van der Waals surface area contributed by atoms with Crippen molar-refractivity contribution >= 4 is 0 Å². The third-order valence-corrected chi connectivity index (χ3v) is 6.22. The van der Waals surface area contributed by atoms with E-state index < -0.39 is 0 Å². The monoisotopic (exact) mass is 328 g/mol. The molecule has 1 saturated carbocycles. The molecule has 0 aromatic heterocycles. The maximum atomic E-state index is 6.34. The van der Waals surface area contributed by atoms with Crippen LogP contribution in [0.2, 0.25) is 0 Å². The predicted molar refractivity (Wildman–Crippen MR) is 98.0 cm³/mol. The van der Waals surface area contributed by atoms with Gasteiger partial charge in [0.1, 0.15) is 0 Å². The zero-order chi connectivity index (χ0) is 16.2. The van der Waals surface area contributed by atoms with Gasteiger partial charge in [-0.3, -0.25) is 4.90 Å². The van der Waals surface area contributed by atoms with Crippen molar-refractivity contribution in [2.75, 3.05) is 19.6 Å². The molecule has 0 amide bonds. The molecular formula is C21H32N2O. The fraction of sp³-hybridized carbons (Fsp3) is 0.714. The van der Waals surface area contributed by atoms with Crippen molar-refractivity contribution in [3.63, 3.8) is 0 Å². The molecule has 1 N–H and O–H groups in total. The van der Waals surface area contributed by atoms with Gasteiger partial charge in [0.25, 0.3) is 0 Å². The maximum absolute atomic E-state index is 6.34. The second-order valence-electron chi connectivity index (χ2n) is 8.02. The number of hydrogen-bond acceptors (Lipinski definition) is 3. The van der Waals surface area contributed by atoms with Crippen LogP contribution in [0.25, 0.3) is 0 Å². The lowest BCUT2D eigenvalue weighted by Crippen LogP contribution is -2.64. The summed E-state index contributed by atoms with van der Waals surface area (Å²) in [5, 5.41) is 3.70. The Kier molecular flexibility index (Phi) is 5.51. The minimum atomic E-state index is 0.439. The van der Waals surface area contributed by atoms with Crippen molar-refractivity contribution in [1.82, 2.24) is 10.2 Å². The molecule has 3 nitrogen and oxygen atoms in total. The van der Waals surface area contributed by atoms with Gasteiger partial charge < -0.3 is 10.1 Å². The summed E-state index contributed by atoms with van der Waals surface area (Å²) < 4.78 is 6.34. The Labute approximate surface area is 146 Å². The summed E-state index contributed by atoms with van der Waals surface area (Å²) in [6, 6.07) is 11.5. The molecule has 0 bridgehead atoms. The van der Waals surface area contributed by atoms with Crippen molar-refractivity contribution in [2.45, 2.75) is 69.7 Å². The summed E-state index contributed by atoms with van der Waals surface area (Å²) in [5.74, 6) is 0.917. The number of benzene rings is 1. The minimum Gasteiger partial charge on any atom is -0.371 e. The number of hydrogen-bond donors (Lipinski definition) is 1. The van der Waals surface area contributed by atoms with E-state index in [1.807, 2.05) is 0 Å². The highest BCUT2D eigenvalue weighted by Gasteiger charge is 2.43. The van der Waals surface area contributed by atoms with Crippen LogP contribution in [0.15, 0.2) is 30.3 Å². The van der Waals surface area contributed by atoms with E-state index in [-0.39, 0.29) is 0 Å². The summed E-state index contributed by atoms with van der Waals surface area (Å²) in [5.41, 5.74) is 1.42. The molecule has 132 valence electrons. The van der Waals surface area contributed by atoms with E-state index in [2.05, 4.69) is 40.5 Å². The summed E-state index contributed by atoms with van der Waals surface area (Å²) >= 11 is 0. The van der Waals surface area contributed by atoms with Gasteiger partial charge >= 0.3 is 0 Å². The first-order chi connectivity index (χ1) is 11.9. The van der Waals surface area contributed by atoms with Gasteiger partial charge in [-0.1, -0.05) is 49.6 Å². The van der Waals surface area contributed by atoms with E-state index >= 15 is 0 Å². The first-order valence-corrected chi connectivity index (χ1v) is 10.0. The third-order valence-electron chi connectivity index (χ3n) is 6.22. The molecule has 3 aliphatic rings. The smallest absolute Gasteiger partial charge is 0.0861 e. The largest absolute Gasteiger partial charge is 0.371 e. The van der Waals surface area contributed by atoms with Crippen LogP contribution in [0.4, 0.5) is 0 Å². The van der Waals surface area contributed by atoms with Gasteiger partial charge in [0.05, 0.1) is 12.2 Å². The average molecular weight is 329 g/mol. The Morgan fingerprint density at radius 2 is 1.79 bits per heavy atom. The van der Waals surface area contributed by atoms with E-state index in [4.69, 9.17) is 4.74 Å². The van der Waals surface area contributed by atoms with Gasteiger partial charge in [-0.15, -0.1) is 0 Å². The van der Waals surface area contributed by atoms with E-state index in [1.165, 1.54) is 57.1 Å². The van der Waals surface area contributed by atoms with Gasteiger partial charge in [-0.25, -0.2) is 0 Å². The van der Waals surface area contributed by atoms with Gasteiger partial charge in [-0.2, -0.15) is 0 Å². The first-order valence-electron chi connectivity index (χ1n) is 10.0. The lowest BCUT2D eigenvalue weighted by Gasteiger charge is -2.52. The van der Waals surface area contributed by atoms with E-state index in [0.29, 0.717) is 18.2 Å². The third kappa shape index (κ3) is 4.01. The Hall–Kier alpha value is -0.900. The molecule has 3 atom stereocenters. The van der Waals surface area contributed by atoms with Crippen LogP contribution in [-0.2, 0) is 11.3 Å². The van der Waals surface area contributed by atoms with Crippen LogP contribution in [0, 0.1) is 5.92 Å². The van der Waals surface area contributed by atoms with Crippen LogP contribution < -0.4 is 5.32 Å². The minimum absolute atomic E-state index is 0.439. The Morgan fingerprint density at radius 3 is 2.58 bits per heavy atom. The van der Waals surface area contributed by atoms with Crippen molar-refractivity contribution in [1.29, 1.82) is 0 Å². The molecule has 2 heterocycles. The SMILES string of the molecule is c1ccc(CN2C[C@H]3O[C@H](CNCC4CCCCC4)CC[C@H]32)cc1.